The van der Waals surface area contributed by atoms with Crippen molar-refractivity contribution in [1.29, 1.82) is 0 Å². The molecule has 21 N–H and O–H groups in total. The standard InChI is InChI=1S/3C21H24FN9O9P2S2/c3*22-13-11-5-36-41(33,43)39-9-3-12(30-2-1-8-16(23)25-6-26-17(8)30)37-10(9)4-35-42(34,44)40-15(13)20(38-11)31-7-27-14-18(31)28-21(24)29-19(14)32/h3*1-2,6-7,9-13,15,20H,3-5H2,(H,33,43)(H,34,44)(H2,23,25,26)(H3,24,28,29,32)/t3*9-,10+,11+,12+,13+,15+,20+,41?,42?/m000/s1. The predicted molar refractivity (Wildman–Crippen MR) is 469 cm³/mol. The van der Waals surface area contributed by atoms with Gasteiger partial charge in [-0.1, -0.05) is 0 Å². The number of H-pyrrole nitrogens is 3. The number of aromatic nitrogens is 21. The maximum absolute atomic E-state index is 15.9. The number of halogens is 3. The first-order valence-electron chi connectivity index (χ1n) is 38.8. The van der Waals surface area contributed by atoms with E-state index in [1.165, 1.54) is 51.7 Å². The Bertz CT molecular complexity index is 6380. The van der Waals surface area contributed by atoms with Crippen LogP contribution >= 0.6 is 40.3 Å². The van der Waals surface area contributed by atoms with Gasteiger partial charge in [0, 0.05) is 37.9 Å². The zero-order chi connectivity index (χ0) is 92.9. The summed E-state index contributed by atoms with van der Waals surface area (Å²) in [6, 6.07) is 5.18. The Morgan fingerprint density at radius 2 is 0.583 bits per heavy atom. The normalized spacial score (nSPS) is 36.6. The first-order valence-corrected chi connectivity index (χ1v) is 54.4. The summed E-state index contributed by atoms with van der Waals surface area (Å²) < 4.78 is 160. The third-order valence-corrected chi connectivity index (χ3v) is 31.5. The molecule has 0 spiro atoms. The first kappa shape index (κ1) is 93.5. The number of nitrogens with two attached hydrogens (primary N) is 6. The summed E-state index contributed by atoms with van der Waals surface area (Å²) in [6.45, 7) is -27.5. The molecule has 9 fully saturated rings. The highest BCUT2D eigenvalue weighted by molar-refractivity contribution is 8.08. The molecule has 6 bridgehead atoms. The highest BCUT2D eigenvalue weighted by Gasteiger charge is 2.56. The molecule has 0 saturated carbocycles. The monoisotopic (exact) mass is 2070 g/mol. The van der Waals surface area contributed by atoms with Gasteiger partial charge in [-0.2, -0.15) is 15.0 Å². The van der Waals surface area contributed by atoms with Crippen molar-refractivity contribution in [3.05, 3.63) is 106 Å². The molecule has 9 saturated heterocycles. The zero-order valence-electron chi connectivity index (χ0n) is 66.5. The number of anilines is 6. The Labute approximate surface area is 764 Å². The van der Waals surface area contributed by atoms with E-state index in [4.69, 9.17) is 188 Å². The zero-order valence-corrected chi connectivity index (χ0v) is 76.7. The van der Waals surface area contributed by atoms with Gasteiger partial charge in [0.25, 0.3) is 16.7 Å². The molecule has 132 heavy (non-hydrogen) atoms. The molecule has 54 nitrogen and oxygen atoms in total. The van der Waals surface area contributed by atoms with Crippen molar-refractivity contribution < 1.29 is 125 Å². The highest BCUT2D eigenvalue weighted by atomic mass is 32.5. The Morgan fingerprint density at radius 1 is 0.333 bits per heavy atom. The third kappa shape index (κ3) is 18.7. The van der Waals surface area contributed by atoms with E-state index in [2.05, 4.69) is 74.8 Å². The number of fused-ring (bicyclic) bond motifs is 15. The Morgan fingerprint density at radius 3 is 0.848 bits per heavy atom. The van der Waals surface area contributed by atoms with Gasteiger partial charge in [0.2, 0.25) is 17.8 Å². The van der Waals surface area contributed by atoms with E-state index in [9.17, 15) is 43.7 Å². The summed E-state index contributed by atoms with van der Waals surface area (Å²) in [7, 11) is 0. The van der Waals surface area contributed by atoms with Gasteiger partial charge < -0.3 is 147 Å². The maximum Gasteiger partial charge on any atom is 0.325 e. The van der Waals surface area contributed by atoms with Crippen molar-refractivity contribution in [3.63, 3.8) is 0 Å². The number of alkyl halides is 3. The van der Waals surface area contributed by atoms with Gasteiger partial charge in [0.15, 0.2) is 70.7 Å². The van der Waals surface area contributed by atoms with Crippen molar-refractivity contribution in [2.75, 3.05) is 74.0 Å². The van der Waals surface area contributed by atoms with Gasteiger partial charge in [0.05, 0.1) is 93.1 Å². The van der Waals surface area contributed by atoms with Crippen LogP contribution in [0.5, 0.6) is 0 Å². The Balaban J connectivity index is 0.000000128. The summed E-state index contributed by atoms with van der Waals surface area (Å²) in [5.74, 6) is 0.175. The number of imidazole rings is 3. The van der Waals surface area contributed by atoms with Crippen LogP contribution in [0.3, 0.4) is 0 Å². The number of hydrogen-bond acceptors (Lipinski definition) is 45. The Hall–Kier alpha value is -7.56. The second kappa shape index (κ2) is 36.1. The molecule has 0 aromatic carbocycles. The van der Waals surface area contributed by atoms with Crippen LogP contribution in [0, 0.1) is 0 Å². The largest absolute Gasteiger partial charge is 0.383 e. The topological polar surface area (TPSA) is 726 Å². The van der Waals surface area contributed by atoms with Gasteiger partial charge in [0.1, 0.15) is 127 Å². The summed E-state index contributed by atoms with van der Waals surface area (Å²) in [5.41, 5.74) is 34.1. The lowest BCUT2D eigenvalue weighted by atomic mass is 10.1. The van der Waals surface area contributed by atoms with Crippen molar-refractivity contribution in [2.24, 2.45) is 0 Å². The average molecular weight is 2070 g/mol. The van der Waals surface area contributed by atoms with E-state index in [1.807, 2.05) is 0 Å². The number of aromatic amines is 3. The minimum atomic E-state index is -4.19. The summed E-state index contributed by atoms with van der Waals surface area (Å²) in [4.78, 5) is 159. The van der Waals surface area contributed by atoms with Crippen molar-refractivity contribution >= 4 is 213 Å². The van der Waals surface area contributed by atoms with Crippen LogP contribution in [-0.4, -0.2) is 263 Å². The third-order valence-electron chi connectivity index (χ3n) is 22.0. The summed E-state index contributed by atoms with van der Waals surface area (Å²) in [5, 5.41) is 1.80. The van der Waals surface area contributed by atoms with E-state index in [1.54, 1.807) is 50.5 Å². The molecule has 0 amide bonds. The fraction of sp³-hybridized carbons (Fsp3) is 0.476. The van der Waals surface area contributed by atoms with Gasteiger partial charge in [-0.3, -0.25) is 56.6 Å². The van der Waals surface area contributed by atoms with Crippen LogP contribution in [0.25, 0.3) is 66.6 Å². The van der Waals surface area contributed by atoms with E-state index in [0.29, 0.717) is 33.1 Å². The minimum Gasteiger partial charge on any atom is -0.383 e. The SMILES string of the molecule is Nc1nc2c(ncn2[C@@H]2O[C@@H]3COP(O)(=S)O[C@H]4C[C@H](n5ccc6c(N)ncnc65)O[C@@H]4COP(O)(=S)O[C@@H]2[C@@H]3F)c(=O)[nH]1.Nc1nc2c(ncn2[C@@H]2O[C@@H]3COP(O)(=S)O[C@H]4C[C@H](n5ccc6c(N)ncnc65)O[C@@H]4COP(O)(=S)O[C@@H]2[C@@H]3F)c(=O)[nH]1.Nc1nc2c(ncn2[C@@H]2O[C@@H]3COP(O)(=S)O[C@H]4C[C@H](n5ccc6c(N)ncnc65)O[C@@H]4COP(O)(=S)O[C@@H]2[C@@H]3F)c(=O)[nH]1. The molecular weight excluding hydrogens is 2000 g/mol. The number of nitrogens with zero attached hydrogens (tertiary/aromatic N) is 18. The van der Waals surface area contributed by atoms with Crippen LogP contribution in [0.2, 0.25) is 0 Å². The van der Waals surface area contributed by atoms with E-state index in [0.717, 1.165) is 0 Å². The molecular formula is C63H72F3N27O27P6S6. The molecule has 27 atom stereocenters. The predicted octanol–water partition coefficient (Wildman–Crippen LogP) is 1.51. The molecule has 21 rings (SSSR count). The quantitative estimate of drug-likeness (QED) is 0.105. The molecule has 21 heterocycles. The lowest BCUT2D eigenvalue weighted by Crippen LogP contribution is -2.32. The summed E-state index contributed by atoms with van der Waals surface area (Å²) >= 11 is 31.5. The summed E-state index contributed by atoms with van der Waals surface area (Å²) in [6.07, 6.45) is -13.5. The molecule has 0 radical (unpaired) electrons. The number of rotatable bonds is 6. The van der Waals surface area contributed by atoms with Crippen LogP contribution in [0.15, 0.2) is 89.1 Å². The minimum absolute atomic E-state index is 0.0414. The molecule has 69 heteroatoms. The lowest BCUT2D eigenvalue weighted by molar-refractivity contribution is -0.0596. The fourth-order valence-corrected chi connectivity index (χ4v) is 24.8. The van der Waals surface area contributed by atoms with Gasteiger partial charge in [-0.05, 0) is 89.0 Å². The molecule has 708 valence electrons. The second-order valence-corrected chi connectivity index (χ2v) is 47.1. The van der Waals surface area contributed by atoms with Crippen LogP contribution < -0.4 is 51.1 Å². The van der Waals surface area contributed by atoms with Crippen molar-refractivity contribution in [2.45, 2.75) is 148 Å². The molecule has 0 aliphatic carbocycles. The smallest absolute Gasteiger partial charge is 0.325 e. The van der Waals surface area contributed by atoms with E-state index < -0.39 is 206 Å². The van der Waals surface area contributed by atoms with Gasteiger partial charge >= 0.3 is 40.3 Å². The average Bonchev–Trinajstić information content (AvgIpc) is 1.61. The molecule has 9 aliphatic heterocycles. The molecule has 12 aromatic rings. The lowest BCUT2D eigenvalue weighted by Gasteiger charge is -2.27. The van der Waals surface area contributed by atoms with Crippen molar-refractivity contribution in [3.8, 4) is 0 Å². The second-order valence-electron chi connectivity index (χ2n) is 30.3. The van der Waals surface area contributed by atoms with Gasteiger partial charge in [-0.15, -0.1) is 0 Å². The number of hydrogen-bond donors (Lipinski definition) is 15. The molecule has 12 aromatic heterocycles. The molecule has 6 unspecified atom stereocenters. The fourth-order valence-electron chi connectivity index (χ4n) is 16.1. The number of nitrogen functional groups attached to an aromatic ring is 6. The van der Waals surface area contributed by atoms with Crippen LogP contribution in [-0.2, 0) is 154 Å². The highest BCUT2D eigenvalue weighted by Crippen LogP contribution is 2.59. The molecule has 9 aliphatic rings. The van der Waals surface area contributed by atoms with Crippen LogP contribution in [0.4, 0.5) is 48.5 Å². The number of nitrogens with one attached hydrogen (secondary N) is 3. The number of ether oxygens (including phenoxy) is 6. The maximum atomic E-state index is 15.9. The Kier molecular flexibility index (Phi) is 25.6. The van der Waals surface area contributed by atoms with Crippen molar-refractivity contribution in [1.82, 2.24) is 102 Å². The van der Waals surface area contributed by atoms with Crippen LogP contribution in [0.1, 0.15) is 56.6 Å². The van der Waals surface area contributed by atoms with E-state index >= 15 is 13.2 Å². The van der Waals surface area contributed by atoms with Gasteiger partial charge in [-0.25, -0.2) is 58.0 Å². The first-order chi connectivity index (χ1) is 62.7. The van der Waals surface area contributed by atoms with E-state index in [-0.39, 0.29) is 108 Å².